The maximum Gasteiger partial charge on any atom is 0.241 e. The Hall–Kier alpha value is -0.610. The highest BCUT2D eigenvalue weighted by Crippen LogP contribution is 2.40. The van der Waals surface area contributed by atoms with E-state index in [1.807, 2.05) is 4.90 Å². The average molecular weight is 184 g/mol. The van der Waals surface area contributed by atoms with Gasteiger partial charge in [0.1, 0.15) is 6.04 Å². The summed E-state index contributed by atoms with van der Waals surface area (Å²) in [6.45, 7) is 1.37. The maximum absolute atomic E-state index is 11.4. The lowest BCUT2D eigenvalue weighted by atomic mass is 9.74. The molecule has 0 aromatic heterocycles. The van der Waals surface area contributed by atoms with E-state index in [1.54, 1.807) is 7.11 Å². The molecular weight excluding hydrogens is 168 g/mol. The number of hydrogen-bond acceptors (Lipinski definition) is 3. The second kappa shape index (κ2) is 2.96. The Morgan fingerprint density at radius 2 is 2.38 bits per heavy atom. The molecule has 2 fully saturated rings. The van der Waals surface area contributed by atoms with E-state index in [0.717, 1.165) is 12.8 Å². The number of rotatable bonds is 3. The van der Waals surface area contributed by atoms with Crippen LogP contribution in [0.5, 0.6) is 0 Å². The Labute approximate surface area is 78.0 Å². The maximum atomic E-state index is 11.4. The predicted octanol–water partition coefficient (Wildman–Crippen LogP) is -0.275. The summed E-state index contributed by atoms with van der Waals surface area (Å²) in [5, 5.41) is 0. The highest BCUT2D eigenvalue weighted by atomic mass is 16.5. The molecular formula is C9H16N2O2. The number of likely N-dealkylation sites (tertiary alicyclic amines) is 1. The van der Waals surface area contributed by atoms with Crippen LogP contribution in [0.2, 0.25) is 0 Å². The molecule has 1 atom stereocenters. The van der Waals surface area contributed by atoms with E-state index in [2.05, 4.69) is 0 Å². The van der Waals surface area contributed by atoms with Gasteiger partial charge in [-0.2, -0.15) is 0 Å². The van der Waals surface area contributed by atoms with Gasteiger partial charge in [0, 0.05) is 13.7 Å². The van der Waals surface area contributed by atoms with Crippen molar-refractivity contribution in [3.63, 3.8) is 0 Å². The highest BCUT2D eigenvalue weighted by Gasteiger charge is 2.51. The van der Waals surface area contributed by atoms with Crippen molar-refractivity contribution in [1.29, 1.82) is 0 Å². The molecule has 0 radical (unpaired) electrons. The number of hydrogen-bond donors (Lipinski definition) is 1. The minimum atomic E-state index is -0.255. The zero-order valence-electron chi connectivity index (χ0n) is 7.95. The molecule has 0 spiro atoms. The number of β-lactam (4-membered cyclic amide) rings is 1. The van der Waals surface area contributed by atoms with Gasteiger partial charge in [-0.05, 0) is 19.3 Å². The number of nitrogens with zero attached hydrogens (tertiary/aromatic N) is 1. The van der Waals surface area contributed by atoms with E-state index >= 15 is 0 Å². The Balaban J connectivity index is 2.01. The predicted molar refractivity (Wildman–Crippen MR) is 48.1 cm³/mol. The standard InChI is InChI=1S/C9H16N2O2/c1-13-6-9(3-2-4-9)11-5-7(10)8(11)12/h7H,2-6,10H2,1H3. The van der Waals surface area contributed by atoms with Crippen molar-refractivity contribution >= 4 is 5.91 Å². The molecule has 0 aromatic rings. The van der Waals surface area contributed by atoms with Gasteiger partial charge >= 0.3 is 0 Å². The van der Waals surface area contributed by atoms with Crippen molar-refractivity contribution in [2.24, 2.45) is 5.73 Å². The quantitative estimate of drug-likeness (QED) is 0.614. The Bertz CT molecular complexity index is 226. The third-order valence-electron chi connectivity index (χ3n) is 3.23. The van der Waals surface area contributed by atoms with E-state index in [0.29, 0.717) is 13.2 Å². The number of nitrogens with two attached hydrogens (primary N) is 1. The molecule has 4 nitrogen and oxygen atoms in total. The van der Waals surface area contributed by atoms with Crippen LogP contribution in [0.15, 0.2) is 0 Å². The Kier molecular flexibility index (Phi) is 2.04. The number of carbonyl (C=O) groups is 1. The third-order valence-corrected chi connectivity index (χ3v) is 3.23. The first-order valence-electron chi connectivity index (χ1n) is 4.76. The zero-order valence-corrected chi connectivity index (χ0v) is 7.95. The van der Waals surface area contributed by atoms with E-state index < -0.39 is 0 Å². The SMILES string of the molecule is COCC1(N2CC(N)C2=O)CCC1. The van der Waals surface area contributed by atoms with Crippen LogP contribution in [0.4, 0.5) is 0 Å². The summed E-state index contributed by atoms with van der Waals surface area (Å²) in [5.41, 5.74) is 5.55. The van der Waals surface area contributed by atoms with Crippen molar-refractivity contribution < 1.29 is 9.53 Å². The lowest BCUT2D eigenvalue weighted by Crippen LogP contribution is -2.72. The molecule has 0 aromatic carbocycles. The minimum Gasteiger partial charge on any atom is -0.382 e. The average Bonchev–Trinajstić information content (AvgIpc) is 2.08. The van der Waals surface area contributed by atoms with Crippen LogP contribution in [0, 0.1) is 0 Å². The monoisotopic (exact) mass is 184 g/mol. The summed E-state index contributed by atoms with van der Waals surface area (Å²) < 4.78 is 5.15. The highest BCUT2D eigenvalue weighted by molar-refractivity contribution is 5.88. The summed E-state index contributed by atoms with van der Waals surface area (Å²) in [7, 11) is 1.68. The summed E-state index contributed by atoms with van der Waals surface area (Å²) in [4.78, 5) is 13.3. The second-order valence-corrected chi connectivity index (χ2v) is 4.07. The molecule has 2 rings (SSSR count). The van der Waals surface area contributed by atoms with Gasteiger partial charge in [0.05, 0.1) is 12.1 Å². The number of carbonyl (C=O) groups excluding carboxylic acids is 1. The molecule has 1 heterocycles. The van der Waals surface area contributed by atoms with E-state index in [4.69, 9.17) is 10.5 Å². The summed E-state index contributed by atoms with van der Waals surface area (Å²) in [6.07, 6.45) is 3.33. The molecule has 2 aliphatic rings. The van der Waals surface area contributed by atoms with Gasteiger partial charge in [0.15, 0.2) is 0 Å². The van der Waals surface area contributed by atoms with Crippen LogP contribution in [0.3, 0.4) is 0 Å². The van der Waals surface area contributed by atoms with E-state index in [-0.39, 0.29) is 17.5 Å². The topological polar surface area (TPSA) is 55.6 Å². The molecule has 1 unspecified atom stereocenters. The zero-order chi connectivity index (χ0) is 9.47. The molecule has 13 heavy (non-hydrogen) atoms. The smallest absolute Gasteiger partial charge is 0.241 e. The van der Waals surface area contributed by atoms with Crippen molar-refractivity contribution in [2.45, 2.75) is 30.8 Å². The molecule has 0 bridgehead atoms. The molecule has 1 saturated carbocycles. The normalized spacial score (nSPS) is 31.1. The fourth-order valence-electron chi connectivity index (χ4n) is 2.23. The molecule has 2 N–H and O–H groups in total. The van der Waals surface area contributed by atoms with E-state index in [9.17, 15) is 4.79 Å². The lowest BCUT2D eigenvalue weighted by Gasteiger charge is -2.55. The number of methoxy groups -OCH3 is 1. The Morgan fingerprint density at radius 1 is 1.69 bits per heavy atom. The fourth-order valence-corrected chi connectivity index (χ4v) is 2.23. The van der Waals surface area contributed by atoms with Gasteiger partial charge in [-0.25, -0.2) is 0 Å². The molecule has 1 aliphatic heterocycles. The van der Waals surface area contributed by atoms with Crippen LogP contribution in [0.1, 0.15) is 19.3 Å². The van der Waals surface area contributed by atoms with Gasteiger partial charge in [0.2, 0.25) is 5.91 Å². The van der Waals surface area contributed by atoms with Crippen molar-refractivity contribution in [3.8, 4) is 0 Å². The molecule has 1 aliphatic carbocycles. The van der Waals surface area contributed by atoms with Crippen LogP contribution in [0.25, 0.3) is 0 Å². The minimum absolute atomic E-state index is 0.00169. The first kappa shape index (κ1) is 8.97. The fraction of sp³-hybridized carbons (Fsp3) is 0.889. The van der Waals surface area contributed by atoms with Gasteiger partial charge in [-0.15, -0.1) is 0 Å². The first-order chi connectivity index (χ1) is 6.19. The molecule has 1 saturated heterocycles. The lowest BCUT2D eigenvalue weighted by molar-refractivity contribution is -0.162. The van der Waals surface area contributed by atoms with Gasteiger partial charge in [-0.1, -0.05) is 0 Å². The van der Waals surface area contributed by atoms with Crippen molar-refractivity contribution in [3.05, 3.63) is 0 Å². The first-order valence-corrected chi connectivity index (χ1v) is 4.76. The third kappa shape index (κ3) is 1.16. The van der Waals surface area contributed by atoms with Crippen LogP contribution in [-0.2, 0) is 9.53 Å². The van der Waals surface area contributed by atoms with Gasteiger partial charge in [0.25, 0.3) is 0 Å². The molecule has 4 heteroatoms. The number of ether oxygens (including phenoxy) is 1. The van der Waals surface area contributed by atoms with E-state index in [1.165, 1.54) is 6.42 Å². The van der Waals surface area contributed by atoms with Crippen LogP contribution < -0.4 is 5.73 Å². The van der Waals surface area contributed by atoms with Gasteiger partial charge in [-0.3, -0.25) is 4.79 Å². The van der Waals surface area contributed by atoms with Crippen LogP contribution >= 0.6 is 0 Å². The second-order valence-electron chi connectivity index (χ2n) is 4.07. The molecule has 1 amide bonds. The summed E-state index contributed by atoms with van der Waals surface area (Å²) in [6, 6.07) is -0.255. The van der Waals surface area contributed by atoms with Crippen molar-refractivity contribution in [1.82, 2.24) is 4.90 Å². The number of amides is 1. The summed E-state index contributed by atoms with van der Waals surface area (Å²) in [5.74, 6) is 0.0942. The Morgan fingerprint density at radius 3 is 2.69 bits per heavy atom. The molecule has 74 valence electrons. The summed E-state index contributed by atoms with van der Waals surface area (Å²) >= 11 is 0. The van der Waals surface area contributed by atoms with Crippen molar-refractivity contribution in [2.75, 3.05) is 20.3 Å². The van der Waals surface area contributed by atoms with Gasteiger partial charge < -0.3 is 15.4 Å². The van der Waals surface area contributed by atoms with Crippen LogP contribution in [-0.4, -0.2) is 42.6 Å². The largest absolute Gasteiger partial charge is 0.382 e.